The van der Waals surface area contributed by atoms with Crippen molar-refractivity contribution >= 4 is 5.91 Å². The van der Waals surface area contributed by atoms with Gasteiger partial charge >= 0.3 is 0 Å². The molecule has 3 N–H and O–H groups in total. The summed E-state index contributed by atoms with van der Waals surface area (Å²) in [7, 11) is 0. The van der Waals surface area contributed by atoms with Gasteiger partial charge in [-0.2, -0.15) is 5.10 Å². The van der Waals surface area contributed by atoms with Crippen LogP contribution in [0.2, 0.25) is 0 Å². The zero-order chi connectivity index (χ0) is 15.4. The number of benzene rings is 1. The SMILES string of the molecule is O=C(NCC1CCCNC1)c1cn[nH]c1-c1ccccc1F. The molecule has 0 spiro atoms. The third-order valence-corrected chi connectivity index (χ3v) is 3.98. The van der Waals surface area contributed by atoms with Gasteiger partial charge in [-0.05, 0) is 44.0 Å². The summed E-state index contributed by atoms with van der Waals surface area (Å²) in [6, 6.07) is 6.34. The number of aromatic amines is 1. The average molecular weight is 302 g/mol. The van der Waals surface area contributed by atoms with Crippen LogP contribution in [0.5, 0.6) is 0 Å². The van der Waals surface area contributed by atoms with Gasteiger partial charge in [-0.1, -0.05) is 12.1 Å². The van der Waals surface area contributed by atoms with Crippen molar-refractivity contribution in [3.05, 3.63) is 41.8 Å². The van der Waals surface area contributed by atoms with Gasteiger partial charge in [-0.15, -0.1) is 0 Å². The zero-order valence-electron chi connectivity index (χ0n) is 12.2. The molecule has 116 valence electrons. The molecule has 2 aromatic rings. The number of piperidine rings is 1. The van der Waals surface area contributed by atoms with Gasteiger partial charge in [0.2, 0.25) is 0 Å². The monoisotopic (exact) mass is 302 g/mol. The molecule has 1 aliphatic rings. The van der Waals surface area contributed by atoms with Crippen molar-refractivity contribution in [2.75, 3.05) is 19.6 Å². The van der Waals surface area contributed by atoms with E-state index in [1.165, 1.54) is 12.3 Å². The van der Waals surface area contributed by atoms with E-state index in [1.54, 1.807) is 18.2 Å². The first-order valence-corrected chi connectivity index (χ1v) is 7.53. The molecule has 22 heavy (non-hydrogen) atoms. The predicted molar refractivity (Wildman–Crippen MR) is 81.9 cm³/mol. The summed E-state index contributed by atoms with van der Waals surface area (Å²) >= 11 is 0. The maximum atomic E-state index is 13.9. The van der Waals surface area contributed by atoms with E-state index in [9.17, 15) is 9.18 Å². The first-order valence-electron chi connectivity index (χ1n) is 7.53. The van der Waals surface area contributed by atoms with Crippen LogP contribution < -0.4 is 10.6 Å². The molecule has 1 aliphatic heterocycles. The fraction of sp³-hybridized carbons (Fsp3) is 0.375. The molecule has 1 aromatic heterocycles. The third-order valence-electron chi connectivity index (χ3n) is 3.98. The van der Waals surface area contributed by atoms with Crippen molar-refractivity contribution in [2.45, 2.75) is 12.8 Å². The highest BCUT2D eigenvalue weighted by Gasteiger charge is 2.19. The molecule has 5 nitrogen and oxygen atoms in total. The van der Waals surface area contributed by atoms with Gasteiger partial charge in [-0.25, -0.2) is 4.39 Å². The van der Waals surface area contributed by atoms with E-state index in [0.29, 0.717) is 29.3 Å². The summed E-state index contributed by atoms with van der Waals surface area (Å²) in [6.45, 7) is 2.59. The minimum Gasteiger partial charge on any atom is -0.352 e. The Morgan fingerprint density at radius 3 is 3.05 bits per heavy atom. The second-order valence-electron chi connectivity index (χ2n) is 5.56. The van der Waals surface area contributed by atoms with Gasteiger partial charge in [0.15, 0.2) is 0 Å². The first-order chi connectivity index (χ1) is 10.8. The van der Waals surface area contributed by atoms with Crippen molar-refractivity contribution in [2.24, 2.45) is 5.92 Å². The van der Waals surface area contributed by atoms with E-state index in [2.05, 4.69) is 20.8 Å². The molecule has 1 fully saturated rings. The Morgan fingerprint density at radius 2 is 2.27 bits per heavy atom. The standard InChI is InChI=1S/C16H19FN4O/c17-14-6-2-1-5-12(14)15-13(10-20-21-15)16(22)19-9-11-4-3-7-18-8-11/h1-2,5-6,10-11,18H,3-4,7-9H2,(H,19,22)(H,20,21). The summed E-state index contributed by atoms with van der Waals surface area (Å²) < 4.78 is 13.9. The number of aromatic nitrogens is 2. The Balaban J connectivity index is 1.71. The predicted octanol–water partition coefficient (Wildman–Crippen LogP) is 1.95. The Labute approximate surface area is 128 Å². The molecule has 6 heteroatoms. The highest BCUT2D eigenvalue weighted by atomic mass is 19.1. The minimum atomic E-state index is -0.378. The van der Waals surface area contributed by atoms with Gasteiger partial charge in [0.1, 0.15) is 5.82 Å². The van der Waals surface area contributed by atoms with Crippen molar-refractivity contribution < 1.29 is 9.18 Å². The molecule has 0 bridgehead atoms. The van der Waals surface area contributed by atoms with Crippen LogP contribution in [-0.2, 0) is 0 Å². The van der Waals surface area contributed by atoms with Crippen LogP contribution in [-0.4, -0.2) is 35.7 Å². The second kappa shape index (κ2) is 6.70. The summed E-state index contributed by atoms with van der Waals surface area (Å²) in [4.78, 5) is 12.3. The molecule has 2 heterocycles. The number of halogens is 1. The van der Waals surface area contributed by atoms with Crippen LogP contribution in [0.1, 0.15) is 23.2 Å². The quantitative estimate of drug-likeness (QED) is 0.808. The molecular formula is C16H19FN4O. The molecular weight excluding hydrogens is 283 g/mol. The number of carbonyl (C=O) groups is 1. The third kappa shape index (κ3) is 3.17. The summed E-state index contributed by atoms with van der Waals surface area (Å²) in [6.07, 6.45) is 3.68. The van der Waals surface area contributed by atoms with Gasteiger partial charge in [0.25, 0.3) is 5.91 Å². The first kappa shape index (κ1) is 14.7. The van der Waals surface area contributed by atoms with Gasteiger partial charge in [-0.3, -0.25) is 9.89 Å². The number of nitrogens with zero attached hydrogens (tertiary/aromatic N) is 1. The van der Waals surface area contributed by atoms with Crippen LogP contribution in [0.4, 0.5) is 4.39 Å². The number of hydrogen-bond acceptors (Lipinski definition) is 3. The van der Waals surface area contributed by atoms with Crippen LogP contribution in [0, 0.1) is 11.7 Å². The highest BCUT2D eigenvalue weighted by molar-refractivity contribution is 5.99. The minimum absolute atomic E-state index is 0.224. The Bertz CT molecular complexity index is 649. The molecule has 1 saturated heterocycles. The summed E-state index contributed by atoms with van der Waals surface area (Å²) in [5.74, 6) is -0.156. The number of nitrogens with one attached hydrogen (secondary N) is 3. The Morgan fingerprint density at radius 1 is 1.41 bits per heavy atom. The topological polar surface area (TPSA) is 69.8 Å². The Hall–Kier alpha value is -2.21. The molecule has 1 unspecified atom stereocenters. The van der Waals surface area contributed by atoms with Crippen molar-refractivity contribution in [3.63, 3.8) is 0 Å². The van der Waals surface area contributed by atoms with Gasteiger partial charge in [0, 0.05) is 12.1 Å². The van der Waals surface area contributed by atoms with Crippen molar-refractivity contribution in [1.82, 2.24) is 20.8 Å². The van der Waals surface area contributed by atoms with E-state index in [1.807, 2.05) is 0 Å². The van der Waals surface area contributed by atoms with Crippen LogP contribution in [0.3, 0.4) is 0 Å². The molecule has 1 atom stereocenters. The van der Waals surface area contributed by atoms with E-state index in [4.69, 9.17) is 0 Å². The lowest BCUT2D eigenvalue weighted by Gasteiger charge is -2.22. The summed E-state index contributed by atoms with van der Waals surface area (Å²) in [5, 5.41) is 12.9. The number of rotatable bonds is 4. The van der Waals surface area contributed by atoms with Crippen LogP contribution in [0.25, 0.3) is 11.3 Å². The van der Waals surface area contributed by atoms with E-state index in [-0.39, 0.29) is 11.7 Å². The van der Waals surface area contributed by atoms with Crippen molar-refractivity contribution in [3.8, 4) is 11.3 Å². The molecule has 3 rings (SSSR count). The van der Waals surface area contributed by atoms with E-state index >= 15 is 0 Å². The summed E-state index contributed by atoms with van der Waals surface area (Å²) in [5.41, 5.74) is 1.13. The highest BCUT2D eigenvalue weighted by Crippen LogP contribution is 2.23. The number of carbonyl (C=O) groups excluding carboxylic acids is 1. The van der Waals surface area contributed by atoms with E-state index < -0.39 is 0 Å². The van der Waals surface area contributed by atoms with Gasteiger partial charge < -0.3 is 10.6 Å². The second-order valence-corrected chi connectivity index (χ2v) is 5.56. The lowest BCUT2D eigenvalue weighted by Crippen LogP contribution is -2.38. The maximum Gasteiger partial charge on any atom is 0.255 e. The van der Waals surface area contributed by atoms with E-state index in [0.717, 1.165) is 25.9 Å². The molecule has 0 saturated carbocycles. The van der Waals surface area contributed by atoms with Gasteiger partial charge in [0.05, 0.1) is 17.5 Å². The molecule has 0 radical (unpaired) electrons. The number of H-pyrrole nitrogens is 1. The zero-order valence-corrected chi connectivity index (χ0v) is 12.2. The van der Waals surface area contributed by atoms with Crippen LogP contribution in [0.15, 0.2) is 30.5 Å². The lowest BCUT2D eigenvalue weighted by molar-refractivity contribution is 0.0945. The number of hydrogen-bond donors (Lipinski definition) is 3. The fourth-order valence-electron chi connectivity index (χ4n) is 2.76. The normalized spacial score (nSPS) is 18.1. The van der Waals surface area contributed by atoms with Crippen LogP contribution >= 0.6 is 0 Å². The Kier molecular flexibility index (Phi) is 4.48. The molecule has 1 aromatic carbocycles. The molecule has 1 amide bonds. The maximum absolute atomic E-state index is 13.9. The molecule has 0 aliphatic carbocycles. The smallest absolute Gasteiger partial charge is 0.255 e. The fourth-order valence-corrected chi connectivity index (χ4v) is 2.76. The largest absolute Gasteiger partial charge is 0.352 e. The van der Waals surface area contributed by atoms with Crippen molar-refractivity contribution in [1.29, 1.82) is 0 Å². The average Bonchev–Trinajstić information content (AvgIpc) is 3.03. The lowest BCUT2D eigenvalue weighted by atomic mass is 9.99. The number of amides is 1.